The van der Waals surface area contributed by atoms with Crippen LogP contribution in [0.2, 0.25) is 0 Å². The largest absolute Gasteiger partial charge is 0.446 e. The standard InChI is InChI=1S/C15H10N12/c1-4-11-20-21-14(24(11)17-7-1)26-12-5-2-8-18-25(12)15(22-26)27-13-16-6-3-9-23(13)10-19-27/h1-10H/q+3. The van der Waals surface area contributed by atoms with E-state index in [1.54, 1.807) is 53.6 Å². The molecule has 1 aliphatic rings. The van der Waals surface area contributed by atoms with Gasteiger partial charge >= 0.3 is 17.7 Å². The summed E-state index contributed by atoms with van der Waals surface area (Å²) in [7, 11) is 0. The summed E-state index contributed by atoms with van der Waals surface area (Å²) in [6.45, 7) is 0. The maximum atomic E-state index is 4.68. The molecular weight excluding hydrogens is 348 g/mol. The van der Waals surface area contributed by atoms with E-state index in [0.29, 0.717) is 28.8 Å². The topological polar surface area (TPSA) is 115 Å². The molecule has 0 unspecified atom stereocenters. The van der Waals surface area contributed by atoms with Gasteiger partial charge in [0.25, 0.3) is 11.1 Å². The first kappa shape index (κ1) is 13.9. The summed E-state index contributed by atoms with van der Waals surface area (Å²) in [6, 6.07) is 9.15. The van der Waals surface area contributed by atoms with E-state index < -0.39 is 0 Å². The van der Waals surface area contributed by atoms with Gasteiger partial charge in [-0.05, 0) is 27.6 Å². The summed E-state index contributed by atoms with van der Waals surface area (Å²) < 4.78 is 8.29. The molecule has 12 heteroatoms. The van der Waals surface area contributed by atoms with E-state index in [4.69, 9.17) is 0 Å². The van der Waals surface area contributed by atoms with Gasteiger partial charge in [-0.15, -0.1) is 15.2 Å². The van der Waals surface area contributed by atoms with E-state index in [1.165, 1.54) is 0 Å². The van der Waals surface area contributed by atoms with Gasteiger partial charge in [0.1, 0.15) is 0 Å². The second-order valence-electron chi connectivity index (χ2n) is 5.67. The van der Waals surface area contributed by atoms with Crippen molar-refractivity contribution in [1.82, 2.24) is 40.2 Å². The van der Waals surface area contributed by atoms with Crippen molar-refractivity contribution in [2.24, 2.45) is 5.10 Å². The molecule has 0 bridgehead atoms. The molecule has 12 nitrogen and oxygen atoms in total. The normalized spacial score (nSPS) is 13.0. The van der Waals surface area contributed by atoms with Crippen LogP contribution in [0.1, 0.15) is 0 Å². The maximum Gasteiger partial charge on any atom is 0.446 e. The van der Waals surface area contributed by atoms with Crippen LogP contribution in [0.5, 0.6) is 0 Å². The smallest absolute Gasteiger partial charge is 0.197 e. The van der Waals surface area contributed by atoms with Crippen LogP contribution in [0.3, 0.4) is 0 Å². The van der Waals surface area contributed by atoms with E-state index in [-0.39, 0.29) is 0 Å². The Bertz CT molecular complexity index is 1460. The molecule has 27 heavy (non-hydrogen) atoms. The van der Waals surface area contributed by atoms with Gasteiger partial charge in [-0.2, -0.15) is 4.40 Å². The molecule has 0 fully saturated rings. The Morgan fingerprint density at radius 1 is 0.926 bits per heavy atom. The Hall–Kier alpha value is -4.35. The number of fused-ring (bicyclic) bond motifs is 3. The first-order chi connectivity index (χ1) is 13.4. The molecule has 0 aliphatic carbocycles. The molecule has 0 atom stereocenters. The Morgan fingerprint density at radius 3 is 2.85 bits per heavy atom. The summed E-state index contributed by atoms with van der Waals surface area (Å²) >= 11 is 0. The van der Waals surface area contributed by atoms with E-state index in [2.05, 4.69) is 35.9 Å². The highest BCUT2D eigenvalue weighted by molar-refractivity contribution is 5.33. The van der Waals surface area contributed by atoms with Crippen molar-refractivity contribution in [1.29, 1.82) is 0 Å². The Balaban J connectivity index is 1.70. The molecule has 5 aromatic rings. The maximum absolute atomic E-state index is 4.68. The van der Waals surface area contributed by atoms with Crippen LogP contribution in [-0.4, -0.2) is 34.7 Å². The Labute approximate surface area is 149 Å². The lowest BCUT2D eigenvalue weighted by molar-refractivity contribution is -0.607. The fourth-order valence-corrected chi connectivity index (χ4v) is 2.93. The van der Waals surface area contributed by atoms with Gasteiger partial charge < -0.3 is 0 Å². The van der Waals surface area contributed by atoms with Crippen molar-refractivity contribution < 1.29 is 13.3 Å². The van der Waals surface area contributed by atoms with Crippen molar-refractivity contribution in [2.45, 2.75) is 0 Å². The second kappa shape index (κ2) is 5.08. The quantitative estimate of drug-likeness (QED) is 0.312. The van der Waals surface area contributed by atoms with Crippen molar-refractivity contribution in [3.05, 3.63) is 72.9 Å². The zero-order chi connectivity index (χ0) is 17.8. The van der Waals surface area contributed by atoms with Gasteiger partial charge in [0.05, 0.1) is 30.2 Å². The number of nitrogens with zero attached hydrogens (tertiary/aromatic N) is 12. The van der Waals surface area contributed by atoms with Crippen molar-refractivity contribution in [3.8, 4) is 5.95 Å². The van der Waals surface area contributed by atoms with Gasteiger partial charge in [-0.25, -0.2) is 0 Å². The summed E-state index contributed by atoms with van der Waals surface area (Å²) in [4.78, 5) is 4.37. The highest BCUT2D eigenvalue weighted by atomic mass is 15.6. The van der Waals surface area contributed by atoms with Gasteiger partial charge in [-0.1, -0.05) is 8.87 Å². The van der Waals surface area contributed by atoms with Gasteiger partial charge in [0, 0.05) is 27.4 Å². The SMILES string of the molecule is c1cn[n+]2c(c1)=N[N]C=2n1nc(-n2nc[n+]3cccnc23)[n+]2ncccc12. The van der Waals surface area contributed by atoms with E-state index >= 15 is 0 Å². The molecule has 0 spiro atoms. The number of rotatable bonds is 2. The second-order valence-corrected chi connectivity index (χ2v) is 5.67. The zero-order valence-corrected chi connectivity index (χ0v) is 13.6. The van der Waals surface area contributed by atoms with Crippen LogP contribution in [0.25, 0.3) is 17.4 Å². The van der Waals surface area contributed by atoms with Crippen LogP contribution in [-0.2, 0) is 0 Å². The monoisotopic (exact) mass is 358 g/mol. The van der Waals surface area contributed by atoms with Crippen LogP contribution < -0.4 is 24.2 Å². The van der Waals surface area contributed by atoms with E-state index in [1.807, 2.05) is 30.5 Å². The van der Waals surface area contributed by atoms with Gasteiger partial charge in [0.15, 0.2) is 0 Å². The van der Waals surface area contributed by atoms with Gasteiger partial charge in [0.2, 0.25) is 6.33 Å². The summed E-state index contributed by atoms with van der Waals surface area (Å²) in [5, 5.41) is 21.9. The molecule has 127 valence electrons. The first-order valence-corrected chi connectivity index (χ1v) is 8.03. The lowest BCUT2D eigenvalue weighted by Crippen LogP contribution is -2.42. The van der Waals surface area contributed by atoms with Crippen LogP contribution >= 0.6 is 0 Å². The zero-order valence-electron chi connectivity index (χ0n) is 13.6. The van der Waals surface area contributed by atoms with Crippen molar-refractivity contribution in [2.75, 3.05) is 0 Å². The molecule has 0 saturated carbocycles. The lowest BCUT2D eigenvalue weighted by Gasteiger charge is -1.89. The molecule has 1 radical (unpaired) electrons. The minimum atomic E-state index is 0.444. The lowest BCUT2D eigenvalue weighted by atomic mass is 10.5. The molecule has 6 rings (SSSR count). The molecule has 0 N–H and O–H groups in total. The third-order valence-electron chi connectivity index (χ3n) is 4.10. The highest BCUT2D eigenvalue weighted by Crippen LogP contribution is 2.05. The third kappa shape index (κ3) is 1.88. The average Bonchev–Trinajstić information content (AvgIpc) is 3.42. The number of hydrogen-bond acceptors (Lipinski definition) is 6. The van der Waals surface area contributed by atoms with Crippen LogP contribution in [0.15, 0.2) is 66.5 Å². The first-order valence-electron chi connectivity index (χ1n) is 8.03. The minimum Gasteiger partial charge on any atom is -0.197 e. The Kier molecular flexibility index (Phi) is 2.61. The number of aromatic nitrogens is 10. The predicted octanol–water partition coefficient (Wildman–Crippen LogP) is -2.99. The fraction of sp³-hybridized carbons (Fsp3) is 0. The summed E-state index contributed by atoms with van der Waals surface area (Å²) in [5.74, 6) is 1.50. The summed E-state index contributed by atoms with van der Waals surface area (Å²) in [6.07, 6.45) is 8.55. The van der Waals surface area contributed by atoms with Crippen molar-refractivity contribution >= 4 is 11.4 Å². The fourth-order valence-electron chi connectivity index (χ4n) is 2.93. The molecule has 0 amide bonds. The predicted molar refractivity (Wildman–Crippen MR) is 83.0 cm³/mol. The summed E-state index contributed by atoms with van der Waals surface area (Å²) in [5.41, 5.74) is 5.53. The molecule has 6 heterocycles. The minimum absolute atomic E-state index is 0.444. The van der Waals surface area contributed by atoms with Crippen molar-refractivity contribution in [3.63, 3.8) is 0 Å². The van der Waals surface area contributed by atoms with Crippen LogP contribution in [0, 0.1) is 5.96 Å². The highest BCUT2D eigenvalue weighted by Gasteiger charge is 2.34. The molecule has 0 aromatic carbocycles. The number of hydrogen-bond donors (Lipinski definition) is 0. The molecule has 0 saturated heterocycles. The third-order valence-corrected chi connectivity index (χ3v) is 4.10. The molecule has 1 aliphatic heterocycles. The molecule has 5 aromatic heterocycles. The van der Waals surface area contributed by atoms with Gasteiger partial charge in [-0.3, -0.25) is 0 Å². The molecular formula is C15H10N12+3. The van der Waals surface area contributed by atoms with E-state index in [0.717, 1.165) is 0 Å². The van der Waals surface area contributed by atoms with E-state index in [9.17, 15) is 0 Å². The average molecular weight is 358 g/mol. The van der Waals surface area contributed by atoms with Crippen LogP contribution in [0.4, 0.5) is 0 Å². The Morgan fingerprint density at radius 2 is 1.85 bits per heavy atom.